The second-order valence-electron chi connectivity index (χ2n) is 7.87. The Labute approximate surface area is 185 Å². The van der Waals surface area contributed by atoms with Gasteiger partial charge in [-0.15, -0.1) is 0 Å². The fraction of sp³-hybridized carbons (Fsp3) is 0.292. The first-order valence-corrected chi connectivity index (χ1v) is 10.6. The third-order valence-electron chi connectivity index (χ3n) is 5.39. The van der Waals surface area contributed by atoms with Crippen molar-refractivity contribution >= 4 is 29.0 Å². The van der Waals surface area contributed by atoms with Crippen molar-refractivity contribution < 1.29 is 9.53 Å². The molecular weight excluding hydrogens is 414 g/mol. The summed E-state index contributed by atoms with van der Waals surface area (Å²) in [6.45, 7) is 3.64. The normalized spacial score (nSPS) is 13.6. The molecule has 1 N–H and O–H groups in total. The number of benzene rings is 2. The van der Waals surface area contributed by atoms with E-state index in [-0.39, 0.29) is 18.1 Å². The molecule has 0 atom stereocenters. The fourth-order valence-electron chi connectivity index (χ4n) is 3.53. The van der Waals surface area contributed by atoms with Crippen LogP contribution in [0.1, 0.15) is 23.1 Å². The van der Waals surface area contributed by atoms with E-state index >= 15 is 0 Å². The summed E-state index contributed by atoms with van der Waals surface area (Å²) in [6.07, 6.45) is 2.24. The summed E-state index contributed by atoms with van der Waals surface area (Å²) >= 11 is 6.25. The van der Waals surface area contributed by atoms with Gasteiger partial charge in [-0.3, -0.25) is 9.59 Å². The number of anilines is 2. The molecule has 0 saturated carbocycles. The molecule has 2 heterocycles. The molecule has 0 spiro atoms. The zero-order valence-electron chi connectivity index (χ0n) is 17.3. The largest absolute Gasteiger partial charge is 0.381 e. The van der Waals surface area contributed by atoms with E-state index in [1.807, 2.05) is 60.0 Å². The molecule has 0 amide bonds. The van der Waals surface area contributed by atoms with E-state index in [0.29, 0.717) is 42.7 Å². The summed E-state index contributed by atoms with van der Waals surface area (Å²) in [5.74, 6) is 0.700. The molecule has 0 bridgehead atoms. The summed E-state index contributed by atoms with van der Waals surface area (Å²) < 4.78 is 7.00. The van der Waals surface area contributed by atoms with Crippen LogP contribution in [-0.4, -0.2) is 28.5 Å². The van der Waals surface area contributed by atoms with E-state index < -0.39 is 5.56 Å². The summed E-state index contributed by atoms with van der Waals surface area (Å²) in [5, 5.41) is 3.87. The minimum absolute atomic E-state index is 0.0323. The molecule has 1 saturated heterocycles. The van der Waals surface area contributed by atoms with Crippen LogP contribution in [0.15, 0.2) is 59.5 Å². The van der Waals surface area contributed by atoms with E-state index in [0.717, 1.165) is 16.8 Å². The summed E-state index contributed by atoms with van der Waals surface area (Å²) in [4.78, 5) is 29.4. The van der Waals surface area contributed by atoms with Gasteiger partial charge < -0.3 is 14.6 Å². The molecule has 1 aliphatic heterocycles. The number of hydrogen-bond acceptors (Lipinski definition) is 5. The van der Waals surface area contributed by atoms with Crippen LogP contribution in [0.2, 0.25) is 5.02 Å². The molecule has 4 rings (SSSR count). The van der Waals surface area contributed by atoms with Crippen LogP contribution in [-0.2, 0) is 22.5 Å². The second kappa shape index (κ2) is 9.45. The van der Waals surface area contributed by atoms with Crippen molar-refractivity contribution in [2.75, 3.05) is 18.5 Å². The lowest BCUT2D eigenvalue weighted by atomic mass is 9.98. The Morgan fingerprint density at radius 3 is 2.68 bits per heavy atom. The number of aromatic nitrogens is 2. The number of carbonyl (C=O) groups is 1. The molecular formula is C24H24ClN3O3. The van der Waals surface area contributed by atoms with Gasteiger partial charge in [0.2, 0.25) is 5.95 Å². The Balaban J connectivity index is 1.65. The Kier molecular flexibility index (Phi) is 6.49. The maximum atomic E-state index is 12.7. The van der Waals surface area contributed by atoms with Crippen molar-refractivity contribution in [2.24, 2.45) is 5.92 Å². The number of ketones is 1. The van der Waals surface area contributed by atoms with Crippen LogP contribution in [0, 0.1) is 12.8 Å². The van der Waals surface area contributed by atoms with Crippen molar-refractivity contribution in [2.45, 2.75) is 26.3 Å². The first kappa shape index (κ1) is 21.3. The highest BCUT2D eigenvalue weighted by atomic mass is 35.5. The Hall–Kier alpha value is -2.96. The first-order valence-electron chi connectivity index (χ1n) is 10.3. The van der Waals surface area contributed by atoms with Crippen molar-refractivity contribution in [3.63, 3.8) is 0 Å². The number of nitrogens with one attached hydrogen (secondary N) is 1. The smallest absolute Gasteiger partial charge is 0.278 e. The zero-order chi connectivity index (χ0) is 21.8. The van der Waals surface area contributed by atoms with Gasteiger partial charge in [-0.05, 0) is 30.2 Å². The van der Waals surface area contributed by atoms with E-state index in [1.54, 1.807) is 6.20 Å². The molecule has 31 heavy (non-hydrogen) atoms. The molecule has 7 heteroatoms. The topological polar surface area (TPSA) is 73.2 Å². The summed E-state index contributed by atoms with van der Waals surface area (Å²) in [7, 11) is 0. The molecule has 0 aliphatic carbocycles. The van der Waals surface area contributed by atoms with Crippen LogP contribution >= 0.6 is 11.6 Å². The van der Waals surface area contributed by atoms with Crippen molar-refractivity contribution in [3.8, 4) is 0 Å². The minimum Gasteiger partial charge on any atom is -0.381 e. The molecule has 3 aromatic rings. The number of Topliss-reactive ketones (excluding diaryl/α,β-unsaturated/α-hetero) is 1. The molecule has 160 valence electrons. The number of halogens is 1. The van der Waals surface area contributed by atoms with E-state index in [1.165, 1.54) is 0 Å². The van der Waals surface area contributed by atoms with Crippen molar-refractivity contribution in [1.29, 1.82) is 0 Å². The number of carbonyl (C=O) groups excluding carboxylic acids is 1. The average molecular weight is 438 g/mol. The standard InChI is InChI=1S/C24H24ClN3O3/c1-16-21(25)8-5-9-22(16)26-24-27-23(30)19(11-20(29)10-18-14-31-15-18)13-28(24)12-17-6-3-2-4-7-17/h2-9,13,18H,10-12,14-15H2,1H3,(H,26,27,30). The quantitative estimate of drug-likeness (QED) is 0.573. The lowest BCUT2D eigenvalue weighted by molar-refractivity contribution is -0.123. The van der Waals surface area contributed by atoms with E-state index in [4.69, 9.17) is 16.3 Å². The van der Waals surface area contributed by atoms with Gasteiger partial charge in [0.1, 0.15) is 5.78 Å². The molecule has 1 aliphatic rings. The molecule has 1 aromatic heterocycles. The SMILES string of the molecule is Cc1c(Cl)cccc1Nc1nc(=O)c(CC(=O)CC2COC2)cn1Cc1ccccc1. The molecule has 0 radical (unpaired) electrons. The van der Waals surface area contributed by atoms with Gasteiger partial charge in [0.15, 0.2) is 0 Å². The number of hydrogen-bond donors (Lipinski definition) is 1. The van der Waals surface area contributed by atoms with Gasteiger partial charge in [-0.2, -0.15) is 4.98 Å². The molecule has 1 fully saturated rings. The molecule has 2 aromatic carbocycles. The highest BCUT2D eigenvalue weighted by molar-refractivity contribution is 6.31. The predicted molar refractivity (Wildman–Crippen MR) is 121 cm³/mol. The molecule has 0 unspecified atom stereocenters. The lowest BCUT2D eigenvalue weighted by Crippen LogP contribution is -2.31. The second-order valence-corrected chi connectivity index (χ2v) is 8.28. The van der Waals surface area contributed by atoms with Crippen LogP contribution in [0.25, 0.3) is 0 Å². The van der Waals surface area contributed by atoms with Crippen LogP contribution in [0.4, 0.5) is 11.6 Å². The monoisotopic (exact) mass is 437 g/mol. The summed E-state index contributed by atoms with van der Waals surface area (Å²) in [5.41, 5.74) is 2.70. The Morgan fingerprint density at radius 1 is 1.19 bits per heavy atom. The number of rotatable bonds is 8. The minimum atomic E-state index is -0.398. The lowest BCUT2D eigenvalue weighted by Gasteiger charge is -2.25. The van der Waals surface area contributed by atoms with Gasteiger partial charge >= 0.3 is 0 Å². The van der Waals surface area contributed by atoms with Gasteiger partial charge in [0.05, 0.1) is 19.8 Å². The fourth-order valence-corrected chi connectivity index (χ4v) is 3.71. The Bertz CT molecular complexity index is 1140. The highest BCUT2D eigenvalue weighted by Crippen LogP contribution is 2.25. The van der Waals surface area contributed by atoms with Gasteiger partial charge in [-0.1, -0.05) is 48.0 Å². The van der Waals surface area contributed by atoms with Crippen LogP contribution in [0.3, 0.4) is 0 Å². The Morgan fingerprint density at radius 2 is 1.97 bits per heavy atom. The van der Waals surface area contributed by atoms with E-state index in [9.17, 15) is 9.59 Å². The predicted octanol–water partition coefficient (Wildman–Crippen LogP) is 4.15. The average Bonchev–Trinajstić information content (AvgIpc) is 2.72. The van der Waals surface area contributed by atoms with Gasteiger partial charge in [0, 0.05) is 41.2 Å². The van der Waals surface area contributed by atoms with Crippen molar-refractivity contribution in [3.05, 3.63) is 86.8 Å². The van der Waals surface area contributed by atoms with E-state index in [2.05, 4.69) is 10.3 Å². The maximum absolute atomic E-state index is 12.7. The highest BCUT2D eigenvalue weighted by Gasteiger charge is 2.22. The summed E-state index contributed by atoms with van der Waals surface area (Å²) in [6, 6.07) is 15.4. The van der Waals surface area contributed by atoms with Gasteiger partial charge in [-0.25, -0.2) is 0 Å². The van der Waals surface area contributed by atoms with Crippen LogP contribution in [0.5, 0.6) is 0 Å². The molecule has 6 nitrogen and oxygen atoms in total. The van der Waals surface area contributed by atoms with Crippen molar-refractivity contribution in [1.82, 2.24) is 9.55 Å². The third kappa shape index (κ3) is 5.21. The third-order valence-corrected chi connectivity index (χ3v) is 5.80. The zero-order valence-corrected chi connectivity index (χ0v) is 18.1. The van der Waals surface area contributed by atoms with Crippen LogP contribution < -0.4 is 10.9 Å². The maximum Gasteiger partial charge on any atom is 0.278 e. The first-order chi connectivity index (χ1) is 15.0. The number of ether oxygens (including phenoxy) is 1. The van der Waals surface area contributed by atoms with Gasteiger partial charge in [0.25, 0.3) is 5.56 Å². The number of nitrogens with zero attached hydrogens (tertiary/aromatic N) is 2.